The number of likely N-dealkylation sites (tertiary alicyclic amines) is 1. The van der Waals surface area contributed by atoms with Gasteiger partial charge in [0.2, 0.25) is 0 Å². The third-order valence-corrected chi connectivity index (χ3v) is 6.28. The van der Waals surface area contributed by atoms with Crippen molar-refractivity contribution in [2.24, 2.45) is 11.8 Å². The van der Waals surface area contributed by atoms with Gasteiger partial charge in [-0.05, 0) is 48.9 Å². The Morgan fingerprint density at radius 1 is 1.11 bits per heavy atom. The highest BCUT2D eigenvalue weighted by molar-refractivity contribution is 5.41. The van der Waals surface area contributed by atoms with Crippen molar-refractivity contribution in [1.29, 1.82) is 0 Å². The number of rotatable bonds is 4. The maximum absolute atomic E-state index is 11.7. The van der Waals surface area contributed by atoms with E-state index in [2.05, 4.69) is 4.90 Å². The van der Waals surface area contributed by atoms with Crippen molar-refractivity contribution in [1.82, 2.24) is 4.90 Å². The zero-order chi connectivity index (χ0) is 19.0. The van der Waals surface area contributed by atoms with Gasteiger partial charge in [-0.2, -0.15) is 0 Å². The molecule has 1 aliphatic heterocycles. The van der Waals surface area contributed by atoms with Crippen LogP contribution in [0.25, 0.3) is 0 Å². The van der Waals surface area contributed by atoms with Crippen LogP contribution in [0.2, 0.25) is 0 Å². The smallest absolute Gasteiger partial charge is 0.157 e. The minimum absolute atomic E-state index is 0.0883. The Hall–Kier alpha value is -2.24. The fraction of sp³-hybridized carbons (Fsp3) is 0.455. The summed E-state index contributed by atoms with van der Waals surface area (Å²) in [6.07, 6.45) is 2.88. The first-order valence-corrected chi connectivity index (χ1v) is 9.60. The Morgan fingerprint density at radius 2 is 1.93 bits per heavy atom. The summed E-state index contributed by atoms with van der Waals surface area (Å²) in [5.41, 5.74) is 0.984. The molecule has 5 heteroatoms. The Morgan fingerprint density at radius 3 is 2.70 bits per heavy atom. The number of fused-ring (bicyclic) bond motifs is 1. The van der Waals surface area contributed by atoms with Crippen LogP contribution in [-0.2, 0) is 12.1 Å². The summed E-state index contributed by atoms with van der Waals surface area (Å²) in [6, 6.07) is 12.8. The second-order valence-electron chi connectivity index (χ2n) is 7.90. The maximum Gasteiger partial charge on any atom is 0.157 e. The fourth-order valence-electron chi connectivity index (χ4n) is 5.00. The number of phenols is 2. The fourth-order valence-corrected chi connectivity index (χ4v) is 5.00. The average Bonchev–Trinajstić information content (AvgIpc) is 3.09. The molecule has 1 saturated heterocycles. The minimum Gasteiger partial charge on any atom is -0.504 e. The highest BCUT2D eigenvalue weighted by Crippen LogP contribution is 2.50. The molecule has 0 radical (unpaired) electrons. The van der Waals surface area contributed by atoms with E-state index < -0.39 is 5.60 Å². The highest BCUT2D eigenvalue weighted by atomic mass is 16.5. The van der Waals surface area contributed by atoms with Gasteiger partial charge < -0.3 is 20.1 Å². The minimum atomic E-state index is -0.874. The summed E-state index contributed by atoms with van der Waals surface area (Å²) in [5, 5.41) is 31.0. The molecule has 0 amide bonds. The van der Waals surface area contributed by atoms with Gasteiger partial charge in [-0.25, -0.2) is 0 Å². The molecule has 2 fully saturated rings. The van der Waals surface area contributed by atoms with E-state index in [-0.39, 0.29) is 17.4 Å². The van der Waals surface area contributed by atoms with Crippen LogP contribution in [0.1, 0.15) is 30.4 Å². The van der Waals surface area contributed by atoms with Crippen LogP contribution in [0, 0.1) is 11.8 Å². The van der Waals surface area contributed by atoms with Crippen LogP contribution < -0.4 is 4.74 Å². The monoisotopic (exact) mass is 369 g/mol. The van der Waals surface area contributed by atoms with Crippen molar-refractivity contribution < 1.29 is 20.1 Å². The molecule has 144 valence electrons. The van der Waals surface area contributed by atoms with Gasteiger partial charge in [0, 0.05) is 31.1 Å². The van der Waals surface area contributed by atoms with Gasteiger partial charge in [0.05, 0.1) is 12.7 Å². The summed E-state index contributed by atoms with van der Waals surface area (Å²) < 4.78 is 5.53. The van der Waals surface area contributed by atoms with Gasteiger partial charge in [-0.1, -0.05) is 24.3 Å². The molecule has 3 N–H and O–H groups in total. The Bertz CT molecular complexity index is 824. The molecule has 0 spiro atoms. The molecular formula is C22H27NO4. The van der Waals surface area contributed by atoms with Crippen LogP contribution >= 0.6 is 0 Å². The zero-order valence-corrected chi connectivity index (χ0v) is 15.6. The van der Waals surface area contributed by atoms with Crippen LogP contribution in [0.4, 0.5) is 0 Å². The molecule has 2 aliphatic rings. The van der Waals surface area contributed by atoms with Gasteiger partial charge in [-0.15, -0.1) is 0 Å². The lowest BCUT2D eigenvalue weighted by molar-refractivity contribution is -0.0662. The van der Waals surface area contributed by atoms with Gasteiger partial charge in [0.1, 0.15) is 5.75 Å². The molecule has 1 heterocycles. The number of phenolic OH excluding ortho intramolecular Hbond substituents is 2. The molecule has 0 bridgehead atoms. The number of nitrogens with zero attached hydrogens (tertiary/aromatic N) is 1. The van der Waals surface area contributed by atoms with E-state index >= 15 is 0 Å². The van der Waals surface area contributed by atoms with Crippen molar-refractivity contribution in [2.75, 3.05) is 20.2 Å². The Kier molecular flexibility index (Phi) is 4.74. The molecule has 5 nitrogen and oxygen atoms in total. The quantitative estimate of drug-likeness (QED) is 0.722. The van der Waals surface area contributed by atoms with E-state index in [4.69, 9.17) is 4.74 Å². The van der Waals surface area contributed by atoms with Crippen LogP contribution in [0.3, 0.4) is 0 Å². The van der Waals surface area contributed by atoms with Crippen LogP contribution in [-0.4, -0.2) is 40.4 Å². The number of methoxy groups -OCH3 is 1. The summed E-state index contributed by atoms with van der Waals surface area (Å²) in [4.78, 5) is 2.34. The standard InChI is InChI=1S/C22H27NO4/c1-27-21-7-3-2-6-17(21)22(26)10-4-5-16-13-23(14-18(16)22)12-15-8-9-19(24)20(25)11-15/h2-3,6-9,11,16,18,24-26H,4-5,10,12-14H2,1H3/t16-,18-,22-/m1/s1. The third-order valence-electron chi connectivity index (χ3n) is 6.28. The van der Waals surface area contributed by atoms with E-state index in [9.17, 15) is 15.3 Å². The van der Waals surface area contributed by atoms with Gasteiger partial charge >= 0.3 is 0 Å². The molecule has 4 rings (SSSR count). The predicted molar refractivity (Wildman–Crippen MR) is 103 cm³/mol. The van der Waals surface area contributed by atoms with Crippen molar-refractivity contribution in [3.63, 3.8) is 0 Å². The maximum atomic E-state index is 11.7. The first kappa shape index (κ1) is 18.1. The SMILES string of the molecule is COc1ccccc1[C@]1(O)CCC[C@@H]2CN(Cc3ccc(O)c(O)c3)C[C@H]21. The van der Waals surface area contributed by atoms with Gasteiger partial charge in [-0.3, -0.25) is 4.90 Å². The van der Waals surface area contributed by atoms with E-state index in [1.54, 1.807) is 13.2 Å². The van der Waals surface area contributed by atoms with Gasteiger partial charge in [0.25, 0.3) is 0 Å². The van der Waals surface area contributed by atoms with Crippen molar-refractivity contribution >= 4 is 0 Å². The molecule has 3 atom stereocenters. The van der Waals surface area contributed by atoms with E-state index in [0.717, 1.165) is 49.2 Å². The lowest BCUT2D eigenvalue weighted by atomic mass is 9.67. The molecule has 2 aromatic rings. The molecule has 2 aromatic carbocycles. The van der Waals surface area contributed by atoms with Crippen LogP contribution in [0.5, 0.6) is 17.2 Å². The molecule has 0 unspecified atom stereocenters. The van der Waals surface area contributed by atoms with Gasteiger partial charge in [0.15, 0.2) is 11.5 Å². The van der Waals surface area contributed by atoms with E-state index in [1.165, 1.54) is 6.07 Å². The topological polar surface area (TPSA) is 73.2 Å². The average molecular weight is 369 g/mol. The lowest BCUT2D eigenvalue weighted by Crippen LogP contribution is -2.43. The second-order valence-corrected chi connectivity index (χ2v) is 7.90. The number of para-hydroxylation sites is 1. The highest BCUT2D eigenvalue weighted by Gasteiger charge is 2.50. The zero-order valence-electron chi connectivity index (χ0n) is 15.6. The van der Waals surface area contributed by atoms with E-state index in [1.807, 2.05) is 30.3 Å². The first-order chi connectivity index (χ1) is 13.0. The molecular weight excluding hydrogens is 342 g/mol. The molecule has 0 aromatic heterocycles. The number of benzene rings is 2. The second kappa shape index (κ2) is 7.06. The van der Waals surface area contributed by atoms with Crippen molar-refractivity contribution in [3.05, 3.63) is 53.6 Å². The molecule has 1 aliphatic carbocycles. The summed E-state index contributed by atoms with van der Waals surface area (Å²) in [6.45, 7) is 2.44. The summed E-state index contributed by atoms with van der Waals surface area (Å²) in [7, 11) is 1.65. The Balaban J connectivity index is 1.57. The third kappa shape index (κ3) is 3.26. The molecule has 27 heavy (non-hydrogen) atoms. The normalized spacial score (nSPS) is 28.1. The first-order valence-electron chi connectivity index (χ1n) is 9.60. The van der Waals surface area contributed by atoms with E-state index in [0.29, 0.717) is 12.5 Å². The van der Waals surface area contributed by atoms with Crippen LogP contribution in [0.15, 0.2) is 42.5 Å². The lowest BCUT2D eigenvalue weighted by Gasteiger charge is -2.42. The van der Waals surface area contributed by atoms with Crippen molar-refractivity contribution in [2.45, 2.75) is 31.4 Å². The summed E-state index contributed by atoms with van der Waals surface area (Å²) >= 11 is 0. The number of hydrogen-bond donors (Lipinski definition) is 3. The Labute approximate surface area is 159 Å². The summed E-state index contributed by atoms with van der Waals surface area (Å²) in [5.74, 6) is 1.17. The molecule has 1 saturated carbocycles. The number of ether oxygens (including phenoxy) is 1. The number of aliphatic hydroxyl groups is 1. The largest absolute Gasteiger partial charge is 0.504 e. The van der Waals surface area contributed by atoms with Crippen molar-refractivity contribution in [3.8, 4) is 17.2 Å². The number of aromatic hydroxyl groups is 2. The number of hydrogen-bond acceptors (Lipinski definition) is 5. The predicted octanol–water partition coefficient (Wildman–Crippen LogP) is 3.23.